The number of hydrogen-bond acceptors (Lipinski definition) is 4. The summed E-state index contributed by atoms with van der Waals surface area (Å²) in [5.74, 6) is -0.148. The van der Waals surface area contributed by atoms with Gasteiger partial charge in [-0.25, -0.2) is 0 Å². The van der Waals surface area contributed by atoms with Crippen molar-refractivity contribution >= 4 is 27.3 Å². The monoisotopic (exact) mass is 290 g/mol. The molecule has 3 N–H and O–H groups in total. The topological polar surface area (TPSA) is 66.6 Å². The van der Waals surface area contributed by atoms with Crippen LogP contribution in [0.3, 0.4) is 0 Å². The fourth-order valence-corrected chi connectivity index (χ4v) is 3.69. The molecule has 2 atom stereocenters. The van der Waals surface area contributed by atoms with E-state index in [0.717, 1.165) is 41.6 Å². The van der Waals surface area contributed by atoms with Crippen LogP contribution < -0.4 is 5.73 Å². The average Bonchev–Trinajstić information content (AvgIpc) is 3.14. The third-order valence-electron chi connectivity index (χ3n) is 3.87. The van der Waals surface area contributed by atoms with E-state index < -0.39 is 12.1 Å². The fourth-order valence-electron chi connectivity index (χ4n) is 2.70. The molecule has 3 rings (SSSR count). The second-order valence-electron chi connectivity index (χ2n) is 5.19. The van der Waals surface area contributed by atoms with Crippen LogP contribution in [0, 0.1) is 0 Å². The average molecular weight is 290 g/mol. The Morgan fingerprint density at radius 3 is 2.75 bits per heavy atom. The van der Waals surface area contributed by atoms with Gasteiger partial charge in [0, 0.05) is 23.4 Å². The number of fused-ring (bicyclic) bond motifs is 1. The van der Waals surface area contributed by atoms with Crippen molar-refractivity contribution in [3.63, 3.8) is 0 Å². The number of aliphatic hydroxyl groups excluding tert-OH is 1. The minimum atomic E-state index is -0.945. The largest absolute Gasteiger partial charge is 0.386 e. The molecule has 1 aliphatic heterocycles. The maximum atomic E-state index is 12.3. The number of thiophene rings is 1. The number of nitrogens with zero attached hydrogens (tertiary/aromatic N) is 1. The normalized spacial score (nSPS) is 18.4. The van der Waals surface area contributed by atoms with Gasteiger partial charge in [0.25, 0.3) is 0 Å². The molecule has 5 heteroatoms. The Balaban J connectivity index is 1.84. The molecule has 1 aromatic heterocycles. The van der Waals surface area contributed by atoms with E-state index in [0.29, 0.717) is 0 Å². The van der Waals surface area contributed by atoms with E-state index in [2.05, 4.69) is 0 Å². The van der Waals surface area contributed by atoms with Crippen molar-refractivity contribution in [3.8, 4) is 0 Å². The Morgan fingerprint density at radius 2 is 2.00 bits per heavy atom. The number of carbonyl (C=O) groups is 1. The summed E-state index contributed by atoms with van der Waals surface area (Å²) in [6.45, 7) is 1.51. The number of carbonyl (C=O) groups excluding carboxylic acids is 1. The minimum absolute atomic E-state index is 0.148. The Kier molecular flexibility index (Phi) is 3.74. The number of likely N-dealkylation sites (tertiary alicyclic amines) is 1. The molecule has 0 unspecified atom stereocenters. The van der Waals surface area contributed by atoms with Crippen molar-refractivity contribution in [1.29, 1.82) is 0 Å². The van der Waals surface area contributed by atoms with E-state index in [9.17, 15) is 9.90 Å². The van der Waals surface area contributed by atoms with Gasteiger partial charge in [0.1, 0.15) is 12.1 Å². The van der Waals surface area contributed by atoms with Crippen LogP contribution in [0.25, 0.3) is 10.1 Å². The molecule has 2 aromatic rings. The summed E-state index contributed by atoms with van der Waals surface area (Å²) in [7, 11) is 0. The van der Waals surface area contributed by atoms with Crippen molar-refractivity contribution in [2.45, 2.75) is 25.0 Å². The van der Waals surface area contributed by atoms with Gasteiger partial charge in [0.05, 0.1) is 0 Å². The van der Waals surface area contributed by atoms with Crippen molar-refractivity contribution in [1.82, 2.24) is 4.90 Å². The van der Waals surface area contributed by atoms with E-state index >= 15 is 0 Å². The number of nitrogens with two attached hydrogens (primary N) is 1. The number of aliphatic hydroxyl groups is 1. The first-order valence-corrected chi connectivity index (χ1v) is 7.75. The highest BCUT2D eigenvalue weighted by Gasteiger charge is 2.30. The Bertz CT molecular complexity index is 619. The van der Waals surface area contributed by atoms with E-state index in [1.165, 1.54) is 0 Å². The van der Waals surface area contributed by atoms with Crippen LogP contribution in [0.1, 0.15) is 24.5 Å². The molecule has 106 valence electrons. The molecule has 4 nitrogen and oxygen atoms in total. The van der Waals surface area contributed by atoms with Crippen LogP contribution in [-0.4, -0.2) is 35.0 Å². The Labute approximate surface area is 121 Å². The minimum Gasteiger partial charge on any atom is -0.386 e. The molecule has 1 fully saturated rings. The molecule has 1 aliphatic rings. The van der Waals surface area contributed by atoms with Crippen LogP contribution >= 0.6 is 11.3 Å². The maximum absolute atomic E-state index is 12.3. The highest BCUT2D eigenvalue weighted by Crippen LogP contribution is 2.31. The Hall–Kier alpha value is -1.43. The lowest BCUT2D eigenvalue weighted by Gasteiger charge is -2.23. The maximum Gasteiger partial charge on any atom is 0.242 e. The number of rotatable bonds is 3. The van der Waals surface area contributed by atoms with Crippen LogP contribution in [0.15, 0.2) is 29.6 Å². The van der Waals surface area contributed by atoms with Crippen molar-refractivity contribution in [3.05, 3.63) is 35.2 Å². The lowest BCUT2D eigenvalue weighted by atomic mass is 10.0. The zero-order valence-corrected chi connectivity index (χ0v) is 12.0. The molecule has 0 radical (unpaired) electrons. The van der Waals surface area contributed by atoms with Gasteiger partial charge in [0.15, 0.2) is 0 Å². The third kappa shape index (κ3) is 2.32. The van der Waals surface area contributed by atoms with Crippen molar-refractivity contribution in [2.24, 2.45) is 5.73 Å². The van der Waals surface area contributed by atoms with Gasteiger partial charge < -0.3 is 15.7 Å². The van der Waals surface area contributed by atoms with Gasteiger partial charge in [-0.2, -0.15) is 0 Å². The lowest BCUT2D eigenvalue weighted by Crippen LogP contribution is -2.45. The van der Waals surface area contributed by atoms with Gasteiger partial charge >= 0.3 is 0 Å². The van der Waals surface area contributed by atoms with Crippen molar-refractivity contribution < 1.29 is 9.90 Å². The van der Waals surface area contributed by atoms with Gasteiger partial charge in [0.2, 0.25) is 5.91 Å². The molecule has 1 amide bonds. The van der Waals surface area contributed by atoms with E-state index in [1.54, 1.807) is 16.2 Å². The van der Waals surface area contributed by atoms with E-state index in [-0.39, 0.29) is 5.91 Å². The van der Waals surface area contributed by atoms with E-state index in [4.69, 9.17) is 5.73 Å². The third-order valence-corrected chi connectivity index (χ3v) is 4.85. The highest BCUT2D eigenvalue weighted by molar-refractivity contribution is 7.17. The molecule has 1 aromatic carbocycles. The molecule has 0 saturated carbocycles. The molecule has 0 bridgehead atoms. The summed E-state index contributed by atoms with van der Waals surface area (Å²) >= 11 is 1.56. The smallest absolute Gasteiger partial charge is 0.242 e. The molecule has 20 heavy (non-hydrogen) atoms. The number of amides is 1. The summed E-state index contributed by atoms with van der Waals surface area (Å²) in [4.78, 5) is 14.0. The second kappa shape index (κ2) is 5.52. The standard InChI is InChI=1S/C15H18N2O2S/c16-13(15(19)17-7-3-4-8-17)14(18)11-9-20-12-6-2-1-5-10(11)12/h1-2,5-6,9,13-14,18H,3-4,7-8,16H2/t13-,14+/m1/s1. The van der Waals surface area contributed by atoms with Gasteiger partial charge in [-0.15, -0.1) is 11.3 Å². The fraction of sp³-hybridized carbons (Fsp3) is 0.400. The van der Waals surface area contributed by atoms with Crippen molar-refractivity contribution in [2.75, 3.05) is 13.1 Å². The summed E-state index contributed by atoms with van der Waals surface area (Å²) in [5.41, 5.74) is 6.74. The van der Waals surface area contributed by atoms with Crippen LogP contribution in [-0.2, 0) is 4.79 Å². The van der Waals surface area contributed by atoms with Gasteiger partial charge in [-0.3, -0.25) is 4.79 Å². The second-order valence-corrected chi connectivity index (χ2v) is 6.10. The molecular weight excluding hydrogens is 272 g/mol. The SMILES string of the molecule is N[C@@H](C(=O)N1CCCC1)[C@@H](O)c1csc2ccccc12. The number of benzene rings is 1. The molecule has 2 heterocycles. The van der Waals surface area contributed by atoms with Gasteiger partial charge in [-0.1, -0.05) is 18.2 Å². The van der Waals surface area contributed by atoms with Crippen LogP contribution in [0.2, 0.25) is 0 Å². The first-order valence-electron chi connectivity index (χ1n) is 6.87. The summed E-state index contributed by atoms with van der Waals surface area (Å²) in [6.07, 6.45) is 1.10. The van der Waals surface area contributed by atoms with E-state index in [1.807, 2.05) is 29.6 Å². The lowest BCUT2D eigenvalue weighted by molar-refractivity contribution is -0.134. The summed E-state index contributed by atoms with van der Waals surface area (Å²) in [6, 6.07) is 6.97. The first-order chi connectivity index (χ1) is 9.68. The molecular formula is C15H18N2O2S. The van der Waals surface area contributed by atoms with Gasteiger partial charge in [-0.05, 0) is 29.7 Å². The van der Waals surface area contributed by atoms with Crippen LogP contribution in [0.4, 0.5) is 0 Å². The zero-order chi connectivity index (χ0) is 14.1. The zero-order valence-electron chi connectivity index (χ0n) is 11.2. The number of hydrogen-bond donors (Lipinski definition) is 2. The molecule has 1 saturated heterocycles. The highest BCUT2D eigenvalue weighted by atomic mass is 32.1. The summed E-state index contributed by atoms with van der Waals surface area (Å²) in [5, 5.41) is 13.3. The predicted molar refractivity (Wildman–Crippen MR) is 80.6 cm³/mol. The molecule has 0 aliphatic carbocycles. The quantitative estimate of drug-likeness (QED) is 0.907. The Morgan fingerprint density at radius 1 is 1.30 bits per heavy atom. The van der Waals surface area contributed by atoms with Crippen LogP contribution in [0.5, 0.6) is 0 Å². The first kappa shape index (κ1) is 13.5. The predicted octanol–water partition coefficient (Wildman–Crippen LogP) is 1.88. The molecule has 0 spiro atoms. The summed E-state index contributed by atoms with van der Waals surface area (Å²) < 4.78 is 1.10.